The van der Waals surface area contributed by atoms with Crippen LogP contribution in [-0.4, -0.2) is 28.6 Å². The Morgan fingerprint density at radius 2 is 1.42 bits per heavy atom. The first kappa shape index (κ1) is 17.2. The summed E-state index contributed by atoms with van der Waals surface area (Å²) in [6, 6.07) is 15.4. The van der Waals surface area contributed by atoms with Gasteiger partial charge in [-0.2, -0.15) is 0 Å². The van der Waals surface area contributed by atoms with Gasteiger partial charge in [-0.1, -0.05) is 36.4 Å². The first-order valence-corrected chi connectivity index (χ1v) is 11.7. The minimum atomic E-state index is -1.01. The van der Waals surface area contributed by atoms with Crippen LogP contribution in [0.15, 0.2) is 48.5 Å². The van der Waals surface area contributed by atoms with E-state index in [0.717, 1.165) is 22.6 Å². The first-order valence-electron chi connectivity index (χ1n) is 11.7. The number of ether oxygens (including phenoxy) is 1. The molecule has 2 heterocycles. The summed E-state index contributed by atoms with van der Waals surface area (Å²) in [7, 11) is 0. The molecular formula is C26H20N2O5. The Labute approximate surface area is 188 Å². The maximum absolute atomic E-state index is 13.6. The van der Waals surface area contributed by atoms with Crippen molar-refractivity contribution in [2.75, 3.05) is 0 Å². The van der Waals surface area contributed by atoms with Crippen LogP contribution in [0.4, 0.5) is 4.79 Å². The van der Waals surface area contributed by atoms with Gasteiger partial charge in [0.05, 0.1) is 5.41 Å². The maximum Gasteiger partial charge on any atom is 0.322 e. The number of aliphatic carboxylic acids is 1. The van der Waals surface area contributed by atoms with Crippen LogP contribution < -0.4 is 15.4 Å². The molecule has 1 saturated heterocycles. The van der Waals surface area contributed by atoms with E-state index >= 15 is 0 Å². The number of carbonyl (C=O) groups excluding carboxylic acids is 2. The number of urea groups is 1. The Morgan fingerprint density at radius 1 is 0.879 bits per heavy atom. The van der Waals surface area contributed by atoms with E-state index in [0.29, 0.717) is 6.42 Å². The van der Waals surface area contributed by atoms with E-state index in [1.807, 2.05) is 48.5 Å². The minimum absolute atomic E-state index is 0.107. The van der Waals surface area contributed by atoms with Crippen molar-refractivity contribution in [1.29, 1.82) is 0 Å². The van der Waals surface area contributed by atoms with Gasteiger partial charge in [0, 0.05) is 22.5 Å². The van der Waals surface area contributed by atoms with Gasteiger partial charge in [0.25, 0.3) is 5.91 Å². The molecule has 7 heteroatoms. The van der Waals surface area contributed by atoms with Gasteiger partial charge in [-0.05, 0) is 54.1 Å². The maximum atomic E-state index is 13.6. The Kier molecular flexibility index (Phi) is 2.42. The minimum Gasteiger partial charge on any atom is -0.481 e. The zero-order chi connectivity index (χ0) is 22.1. The summed E-state index contributed by atoms with van der Waals surface area (Å²) >= 11 is 0. The van der Waals surface area contributed by atoms with Crippen molar-refractivity contribution in [3.8, 4) is 11.5 Å². The van der Waals surface area contributed by atoms with Gasteiger partial charge >= 0.3 is 12.0 Å². The number of imide groups is 1. The molecule has 2 aromatic rings. The van der Waals surface area contributed by atoms with Gasteiger partial charge in [0.1, 0.15) is 17.0 Å². The highest BCUT2D eigenvalue weighted by molar-refractivity contribution is 6.09. The van der Waals surface area contributed by atoms with Crippen molar-refractivity contribution in [3.63, 3.8) is 0 Å². The first-order chi connectivity index (χ1) is 16.0. The monoisotopic (exact) mass is 440 g/mol. The molecule has 1 unspecified atom stereocenters. The number of benzene rings is 2. The third-order valence-electron chi connectivity index (χ3n) is 11.0. The van der Waals surface area contributed by atoms with E-state index < -0.39 is 23.0 Å². The molecule has 2 aliphatic heterocycles. The fourth-order valence-corrected chi connectivity index (χ4v) is 10.5. The van der Waals surface area contributed by atoms with Crippen molar-refractivity contribution in [1.82, 2.24) is 10.6 Å². The Morgan fingerprint density at radius 3 is 1.91 bits per heavy atom. The molecule has 164 valence electrons. The molecule has 7 nitrogen and oxygen atoms in total. The number of carbonyl (C=O) groups is 3. The van der Waals surface area contributed by atoms with Gasteiger partial charge in [0.2, 0.25) is 0 Å². The van der Waals surface area contributed by atoms with E-state index in [1.54, 1.807) is 0 Å². The number of carboxylic acids is 1. The number of hydrogen-bond donors (Lipinski definition) is 3. The van der Waals surface area contributed by atoms with Crippen LogP contribution >= 0.6 is 0 Å². The predicted octanol–water partition coefficient (Wildman–Crippen LogP) is 2.72. The van der Waals surface area contributed by atoms with Crippen LogP contribution in [-0.2, 0) is 9.59 Å². The largest absolute Gasteiger partial charge is 0.481 e. The number of para-hydroxylation sites is 2. The topological polar surface area (TPSA) is 105 Å². The normalized spacial score (nSPS) is 47.6. The van der Waals surface area contributed by atoms with Gasteiger partial charge in [0.15, 0.2) is 0 Å². The second-order valence-corrected chi connectivity index (χ2v) is 11.1. The average molecular weight is 440 g/mol. The zero-order valence-electron chi connectivity index (χ0n) is 17.4. The van der Waals surface area contributed by atoms with Crippen LogP contribution in [0.1, 0.15) is 23.5 Å². The van der Waals surface area contributed by atoms with Crippen LogP contribution in [0.5, 0.6) is 11.5 Å². The van der Waals surface area contributed by atoms with Gasteiger partial charge in [-0.15, -0.1) is 0 Å². The van der Waals surface area contributed by atoms with Gasteiger partial charge < -0.3 is 15.2 Å². The second kappa shape index (κ2) is 4.65. The zero-order valence-corrected chi connectivity index (χ0v) is 17.4. The average Bonchev–Trinajstić information content (AvgIpc) is 3.11. The summed E-state index contributed by atoms with van der Waals surface area (Å²) in [5, 5.41) is 15.6. The van der Waals surface area contributed by atoms with Crippen LogP contribution in [0, 0.1) is 46.3 Å². The summed E-state index contributed by atoms with van der Waals surface area (Å²) in [6.45, 7) is 0. The molecular weight excluding hydrogens is 420 g/mol. The SMILES string of the molecule is O=C1NC(=O)C(CC2c3ccccc3Oc3ccccc32)(C23C4C5C2C2C3C4C52C(=O)O)N1. The molecule has 6 aliphatic carbocycles. The standard InChI is InChI=1S/C26H20N2O5/c29-21-24(28-23(32)27-21,26-18-15-19(26)17-20(26)16(18)25(15,17)22(30)31)9-12-10-5-1-3-7-13(10)33-14-8-4-2-6-11(12)14/h1-8,12,15-20H,9H2,(H,30,31)(H2,27,28,29,32). The van der Waals surface area contributed by atoms with Gasteiger partial charge in [-0.3, -0.25) is 14.9 Å². The van der Waals surface area contributed by atoms with E-state index in [9.17, 15) is 19.5 Å². The molecule has 0 radical (unpaired) electrons. The summed E-state index contributed by atoms with van der Waals surface area (Å²) in [5.41, 5.74) is 0.218. The fraction of sp³-hybridized carbons (Fsp3) is 0.423. The van der Waals surface area contributed by atoms with Crippen molar-refractivity contribution >= 4 is 17.9 Å². The van der Waals surface area contributed by atoms with Crippen LogP contribution in [0.25, 0.3) is 0 Å². The molecule has 33 heavy (non-hydrogen) atoms. The van der Waals surface area contributed by atoms with Crippen molar-refractivity contribution in [2.24, 2.45) is 46.3 Å². The second-order valence-electron chi connectivity index (χ2n) is 11.1. The Balaban J connectivity index is 1.19. The van der Waals surface area contributed by atoms with Crippen molar-refractivity contribution in [2.45, 2.75) is 17.9 Å². The highest BCUT2D eigenvalue weighted by Crippen LogP contribution is 3.11. The fourth-order valence-electron chi connectivity index (χ4n) is 10.5. The predicted molar refractivity (Wildman–Crippen MR) is 112 cm³/mol. The summed E-state index contributed by atoms with van der Waals surface area (Å²) < 4.78 is 6.16. The summed E-state index contributed by atoms with van der Waals surface area (Å²) in [6.07, 6.45) is 0.456. The Hall–Kier alpha value is -3.35. The van der Waals surface area contributed by atoms with E-state index in [4.69, 9.17) is 4.74 Å². The van der Waals surface area contributed by atoms with E-state index in [2.05, 4.69) is 10.6 Å². The molecule has 0 bridgehead atoms. The number of amides is 3. The van der Waals surface area contributed by atoms with Crippen LogP contribution in [0.3, 0.4) is 0 Å². The molecule has 6 saturated carbocycles. The lowest BCUT2D eigenvalue weighted by molar-refractivity contribution is -0.652. The summed E-state index contributed by atoms with van der Waals surface area (Å²) in [4.78, 5) is 38.2. The molecule has 2 aromatic carbocycles. The van der Waals surface area contributed by atoms with Crippen molar-refractivity contribution in [3.05, 3.63) is 59.7 Å². The smallest absolute Gasteiger partial charge is 0.322 e. The van der Waals surface area contributed by atoms with Crippen molar-refractivity contribution < 1.29 is 24.2 Å². The number of nitrogens with one attached hydrogen (secondary N) is 2. The lowest BCUT2D eigenvalue weighted by Crippen LogP contribution is -3.14. The molecule has 7 fully saturated rings. The third kappa shape index (κ3) is 1.29. The molecule has 10 rings (SSSR count). The summed E-state index contributed by atoms with van der Waals surface area (Å²) in [5.74, 6) is 1.83. The lowest BCUT2D eigenvalue weighted by Gasteiger charge is -3.11. The highest BCUT2D eigenvalue weighted by atomic mass is 16.5. The number of carboxylic acid groups (broad SMARTS) is 1. The lowest BCUT2D eigenvalue weighted by atomic mass is 8.90. The van der Waals surface area contributed by atoms with E-state index in [1.165, 1.54) is 0 Å². The molecule has 3 N–H and O–H groups in total. The quantitative estimate of drug-likeness (QED) is 0.634. The Bertz CT molecular complexity index is 1280. The third-order valence-corrected chi connectivity index (χ3v) is 11.0. The van der Waals surface area contributed by atoms with Crippen LogP contribution in [0.2, 0.25) is 0 Å². The number of hydrogen-bond acceptors (Lipinski definition) is 4. The molecule has 1 atom stereocenters. The highest BCUT2D eigenvalue weighted by Gasteiger charge is 3.14. The molecule has 0 aromatic heterocycles. The number of rotatable bonds is 4. The molecule has 8 aliphatic rings. The van der Waals surface area contributed by atoms with Gasteiger partial charge in [-0.25, -0.2) is 4.79 Å². The number of fused-ring (bicyclic) bond motifs is 2. The molecule has 3 amide bonds. The van der Waals surface area contributed by atoms with E-state index in [-0.39, 0.29) is 52.7 Å². The molecule has 0 spiro atoms.